The molecule has 0 aliphatic heterocycles. The van der Waals surface area contributed by atoms with Crippen LogP contribution >= 0.6 is 0 Å². The van der Waals surface area contributed by atoms with E-state index in [9.17, 15) is 0 Å². The summed E-state index contributed by atoms with van der Waals surface area (Å²) in [5.41, 5.74) is 2.60. The van der Waals surface area contributed by atoms with Crippen LogP contribution in [-0.2, 0) is 6.42 Å². The van der Waals surface area contributed by atoms with Crippen LogP contribution in [0.4, 0.5) is 0 Å². The van der Waals surface area contributed by atoms with Gasteiger partial charge in [-0.05, 0) is 50.5 Å². The fourth-order valence-electron chi connectivity index (χ4n) is 2.35. The lowest BCUT2D eigenvalue weighted by Gasteiger charge is -2.17. The highest BCUT2D eigenvalue weighted by molar-refractivity contribution is 5.85. The predicted molar refractivity (Wildman–Crippen MR) is 92.3 cm³/mol. The number of benzene rings is 1. The Morgan fingerprint density at radius 1 is 1.14 bits per heavy atom. The average molecular weight is 289 g/mol. The molecule has 0 radical (unpaired) electrons. The van der Waals surface area contributed by atoms with Gasteiger partial charge in [0.05, 0.1) is 0 Å². The Labute approximate surface area is 130 Å². The van der Waals surface area contributed by atoms with Crippen molar-refractivity contribution in [1.82, 2.24) is 10.2 Å². The lowest BCUT2D eigenvalue weighted by atomic mass is 9.96. The lowest BCUT2D eigenvalue weighted by molar-refractivity contribution is 0.399. The Kier molecular flexibility index (Phi) is 7.44. The molecule has 1 aromatic rings. The monoisotopic (exact) mass is 289 g/mol. The van der Waals surface area contributed by atoms with Gasteiger partial charge in [-0.25, -0.2) is 0 Å². The van der Waals surface area contributed by atoms with E-state index in [1.165, 1.54) is 11.1 Å². The normalized spacial score (nSPS) is 12.7. The average Bonchev–Trinajstić information content (AvgIpc) is 2.42. The minimum absolute atomic E-state index is 0.137. The molecule has 0 aromatic heterocycles. The van der Waals surface area contributed by atoms with Crippen LogP contribution in [-0.4, -0.2) is 37.9 Å². The first-order valence-electron chi connectivity index (χ1n) is 7.96. The summed E-state index contributed by atoms with van der Waals surface area (Å²) in [5.74, 6) is 1.44. The third-order valence-corrected chi connectivity index (χ3v) is 3.65. The van der Waals surface area contributed by atoms with E-state index >= 15 is 0 Å². The highest BCUT2D eigenvalue weighted by atomic mass is 15.1. The fraction of sp³-hybridized carbons (Fsp3) is 0.611. The summed E-state index contributed by atoms with van der Waals surface area (Å²) >= 11 is 0. The van der Waals surface area contributed by atoms with Gasteiger partial charge in [-0.15, -0.1) is 0 Å². The Morgan fingerprint density at radius 2 is 1.76 bits per heavy atom. The molecule has 118 valence electrons. The van der Waals surface area contributed by atoms with Crippen LogP contribution in [0.15, 0.2) is 24.3 Å². The van der Waals surface area contributed by atoms with Crippen LogP contribution in [0.5, 0.6) is 0 Å². The summed E-state index contributed by atoms with van der Waals surface area (Å²) in [7, 11) is 4.15. The number of nitrogens with zero attached hydrogens (tertiary/aromatic N) is 1. The Bertz CT molecular complexity index is 421. The number of amidine groups is 1. The van der Waals surface area contributed by atoms with Gasteiger partial charge in [-0.3, -0.25) is 5.41 Å². The van der Waals surface area contributed by atoms with Crippen molar-refractivity contribution in [3.8, 4) is 0 Å². The Balaban J connectivity index is 2.46. The van der Waals surface area contributed by atoms with Gasteiger partial charge in [0.15, 0.2) is 0 Å². The quantitative estimate of drug-likeness (QED) is 0.437. The van der Waals surface area contributed by atoms with E-state index in [-0.39, 0.29) is 5.92 Å². The molecule has 0 heterocycles. The molecular formula is C18H31N3. The van der Waals surface area contributed by atoms with Crippen LogP contribution in [0, 0.1) is 11.3 Å². The molecule has 1 aromatic carbocycles. The van der Waals surface area contributed by atoms with E-state index in [1.54, 1.807) is 0 Å². The molecule has 3 heteroatoms. The van der Waals surface area contributed by atoms with E-state index in [2.05, 4.69) is 69.3 Å². The van der Waals surface area contributed by atoms with E-state index in [0.29, 0.717) is 11.8 Å². The number of rotatable bonds is 8. The van der Waals surface area contributed by atoms with Crippen molar-refractivity contribution in [1.29, 1.82) is 5.41 Å². The van der Waals surface area contributed by atoms with Gasteiger partial charge in [0.2, 0.25) is 0 Å². The van der Waals surface area contributed by atoms with Gasteiger partial charge in [-0.1, -0.05) is 45.0 Å². The highest BCUT2D eigenvalue weighted by Gasteiger charge is 2.11. The third-order valence-electron chi connectivity index (χ3n) is 3.65. The topological polar surface area (TPSA) is 39.1 Å². The van der Waals surface area contributed by atoms with Gasteiger partial charge in [0.25, 0.3) is 0 Å². The van der Waals surface area contributed by atoms with Crippen molar-refractivity contribution in [2.45, 2.75) is 39.5 Å². The predicted octanol–water partition coefficient (Wildman–Crippen LogP) is 3.51. The fourth-order valence-corrected chi connectivity index (χ4v) is 2.35. The number of hydrogen-bond donors (Lipinski definition) is 2. The van der Waals surface area contributed by atoms with Gasteiger partial charge < -0.3 is 10.2 Å². The van der Waals surface area contributed by atoms with Gasteiger partial charge in [0.1, 0.15) is 5.84 Å². The van der Waals surface area contributed by atoms with Crippen LogP contribution in [0.2, 0.25) is 0 Å². The minimum Gasteiger partial charge on any atom is -0.373 e. The van der Waals surface area contributed by atoms with Gasteiger partial charge >= 0.3 is 0 Å². The summed E-state index contributed by atoms with van der Waals surface area (Å²) in [6, 6.07) is 8.73. The van der Waals surface area contributed by atoms with E-state index < -0.39 is 0 Å². The molecule has 0 bridgehead atoms. The molecule has 0 aliphatic rings. The molecule has 0 amide bonds. The Morgan fingerprint density at radius 3 is 2.29 bits per heavy atom. The summed E-state index contributed by atoms with van der Waals surface area (Å²) in [5, 5.41) is 11.4. The van der Waals surface area contributed by atoms with Crippen LogP contribution in [0.25, 0.3) is 0 Å². The number of nitrogens with one attached hydrogen (secondary N) is 2. The van der Waals surface area contributed by atoms with Crippen LogP contribution < -0.4 is 5.32 Å². The second-order valence-electron chi connectivity index (χ2n) is 6.56. The lowest BCUT2D eigenvalue weighted by Crippen LogP contribution is -2.30. The van der Waals surface area contributed by atoms with Crippen LogP contribution in [0.3, 0.4) is 0 Å². The molecule has 0 unspecified atom stereocenters. The first kappa shape index (κ1) is 17.7. The van der Waals surface area contributed by atoms with Crippen molar-refractivity contribution in [3.05, 3.63) is 35.4 Å². The standard InChI is InChI=1S/C18H31N3/c1-14(2)13-16-7-9-17(10-8-16)15(3)18(19)20-11-6-12-21(4)5/h7-10,14-15H,6,11-13H2,1-5H3,(H2,19,20)/t15-/m1/s1. The summed E-state index contributed by atoms with van der Waals surface area (Å²) < 4.78 is 0. The molecule has 2 N–H and O–H groups in total. The molecule has 21 heavy (non-hydrogen) atoms. The van der Waals surface area contributed by atoms with Gasteiger partial charge in [-0.2, -0.15) is 0 Å². The van der Waals surface area contributed by atoms with E-state index in [4.69, 9.17) is 5.41 Å². The summed E-state index contributed by atoms with van der Waals surface area (Å²) in [6.07, 6.45) is 2.18. The molecular weight excluding hydrogens is 258 g/mol. The zero-order chi connectivity index (χ0) is 15.8. The molecule has 0 spiro atoms. The van der Waals surface area contributed by atoms with Crippen molar-refractivity contribution in [2.24, 2.45) is 5.92 Å². The number of hydrogen-bond acceptors (Lipinski definition) is 2. The van der Waals surface area contributed by atoms with Crippen molar-refractivity contribution in [3.63, 3.8) is 0 Å². The minimum atomic E-state index is 0.137. The second-order valence-corrected chi connectivity index (χ2v) is 6.56. The van der Waals surface area contributed by atoms with Crippen LogP contribution in [0.1, 0.15) is 44.2 Å². The molecule has 3 nitrogen and oxygen atoms in total. The zero-order valence-electron chi connectivity index (χ0n) is 14.2. The third kappa shape index (κ3) is 6.76. The SMILES string of the molecule is CC(C)Cc1ccc([C@@H](C)C(=N)NCCCN(C)C)cc1. The molecule has 0 fully saturated rings. The maximum Gasteiger partial charge on any atom is 0.101 e. The summed E-state index contributed by atoms with van der Waals surface area (Å²) in [6.45, 7) is 8.50. The van der Waals surface area contributed by atoms with Crippen molar-refractivity contribution >= 4 is 5.84 Å². The maximum absolute atomic E-state index is 8.16. The highest BCUT2D eigenvalue weighted by Crippen LogP contribution is 2.17. The summed E-state index contributed by atoms with van der Waals surface area (Å²) in [4.78, 5) is 2.17. The van der Waals surface area contributed by atoms with E-state index in [0.717, 1.165) is 25.9 Å². The van der Waals surface area contributed by atoms with Gasteiger partial charge in [0, 0.05) is 12.5 Å². The largest absolute Gasteiger partial charge is 0.373 e. The van der Waals surface area contributed by atoms with Crippen molar-refractivity contribution in [2.75, 3.05) is 27.2 Å². The molecule has 1 rings (SSSR count). The molecule has 0 aliphatic carbocycles. The molecule has 0 saturated heterocycles. The smallest absolute Gasteiger partial charge is 0.101 e. The molecule has 0 saturated carbocycles. The van der Waals surface area contributed by atoms with Crippen molar-refractivity contribution < 1.29 is 0 Å². The Hall–Kier alpha value is -1.35. The first-order valence-corrected chi connectivity index (χ1v) is 7.96. The second kappa shape index (κ2) is 8.83. The first-order chi connectivity index (χ1) is 9.90. The maximum atomic E-state index is 8.16. The van der Waals surface area contributed by atoms with E-state index in [1.807, 2.05) is 0 Å². The molecule has 1 atom stereocenters. The zero-order valence-corrected chi connectivity index (χ0v) is 14.2.